The summed E-state index contributed by atoms with van der Waals surface area (Å²) in [6, 6.07) is 4.56. The van der Waals surface area contributed by atoms with Crippen LogP contribution >= 0.6 is 0 Å². The van der Waals surface area contributed by atoms with Gasteiger partial charge in [-0.25, -0.2) is 4.68 Å². The lowest BCUT2D eigenvalue weighted by Gasteiger charge is -2.48. The molecule has 11 heteroatoms. The highest BCUT2D eigenvalue weighted by Gasteiger charge is 2.53. The molecule has 0 radical (unpaired) electrons. The van der Waals surface area contributed by atoms with E-state index in [4.69, 9.17) is 4.74 Å². The van der Waals surface area contributed by atoms with E-state index in [2.05, 4.69) is 20.9 Å². The zero-order valence-corrected chi connectivity index (χ0v) is 19.3. The predicted molar refractivity (Wildman–Crippen MR) is 120 cm³/mol. The van der Waals surface area contributed by atoms with E-state index in [1.807, 2.05) is 6.07 Å². The number of ether oxygens (including phenoxy) is 1. The Balaban J connectivity index is 1.16. The summed E-state index contributed by atoms with van der Waals surface area (Å²) in [4.78, 5) is 51.0. The topological polar surface area (TPSA) is 136 Å². The van der Waals surface area contributed by atoms with Crippen molar-refractivity contribution in [3.8, 4) is 5.69 Å². The molecule has 182 valence electrons. The highest BCUT2D eigenvalue weighted by atomic mass is 16.5. The Morgan fingerprint density at radius 3 is 2.80 bits per heavy atom. The summed E-state index contributed by atoms with van der Waals surface area (Å²) in [5.74, 6) is -0.301. The van der Waals surface area contributed by atoms with Crippen molar-refractivity contribution in [3.05, 3.63) is 41.2 Å². The summed E-state index contributed by atoms with van der Waals surface area (Å²) in [6.45, 7) is 0.263. The van der Waals surface area contributed by atoms with Gasteiger partial charge >= 0.3 is 0 Å². The Hall–Kier alpha value is -3.60. The van der Waals surface area contributed by atoms with Gasteiger partial charge in [0.05, 0.1) is 24.0 Å². The van der Waals surface area contributed by atoms with Crippen LogP contribution in [0.4, 0.5) is 0 Å². The van der Waals surface area contributed by atoms with Crippen LogP contribution in [0, 0.1) is 11.8 Å². The lowest BCUT2D eigenvalue weighted by Crippen LogP contribution is -2.62. The molecule has 1 aromatic carbocycles. The van der Waals surface area contributed by atoms with Gasteiger partial charge in [-0.1, -0.05) is 11.6 Å². The molecule has 2 aliphatic heterocycles. The molecule has 1 saturated heterocycles. The van der Waals surface area contributed by atoms with Crippen molar-refractivity contribution in [2.45, 2.75) is 56.8 Å². The van der Waals surface area contributed by atoms with Crippen molar-refractivity contribution in [2.24, 2.45) is 11.8 Å². The number of fused-ring (bicyclic) bond motifs is 2. The number of methoxy groups -OCH3 is 1. The minimum Gasteiger partial charge on any atom is -0.379 e. The molecule has 2 aromatic rings. The number of imide groups is 1. The van der Waals surface area contributed by atoms with Crippen LogP contribution in [0.25, 0.3) is 5.69 Å². The van der Waals surface area contributed by atoms with Gasteiger partial charge in [-0.2, -0.15) is 0 Å². The smallest absolute Gasteiger partial charge is 0.273 e. The first-order valence-electron chi connectivity index (χ1n) is 12.0. The van der Waals surface area contributed by atoms with Crippen LogP contribution < -0.4 is 10.6 Å². The highest BCUT2D eigenvalue weighted by Crippen LogP contribution is 2.48. The quantitative estimate of drug-likeness (QED) is 0.600. The Bertz CT molecular complexity index is 1240. The zero-order chi connectivity index (χ0) is 24.3. The summed E-state index contributed by atoms with van der Waals surface area (Å²) in [7, 11) is 1.69. The largest absolute Gasteiger partial charge is 0.379 e. The fraction of sp³-hybridized carbons (Fsp3) is 0.500. The molecule has 4 amide bonds. The minimum absolute atomic E-state index is 0.00517. The van der Waals surface area contributed by atoms with Gasteiger partial charge in [0, 0.05) is 25.6 Å². The van der Waals surface area contributed by atoms with E-state index in [1.165, 1.54) is 16.0 Å². The number of nitrogens with zero attached hydrogens (tertiary/aromatic N) is 4. The number of carbonyl (C=O) groups is 4. The summed E-state index contributed by atoms with van der Waals surface area (Å²) in [5.41, 5.74) is 2.13. The number of piperidine rings is 1. The van der Waals surface area contributed by atoms with Gasteiger partial charge in [0.1, 0.15) is 6.04 Å². The van der Waals surface area contributed by atoms with Crippen molar-refractivity contribution in [2.75, 3.05) is 7.11 Å². The van der Waals surface area contributed by atoms with E-state index in [9.17, 15) is 19.2 Å². The lowest BCUT2D eigenvalue weighted by atomic mass is 9.68. The van der Waals surface area contributed by atoms with Gasteiger partial charge in [0.2, 0.25) is 11.8 Å². The van der Waals surface area contributed by atoms with E-state index in [0.29, 0.717) is 29.5 Å². The average Bonchev–Trinajstić information content (AvgIpc) is 3.56. The van der Waals surface area contributed by atoms with E-state index in [1.54, 1.807) is 25.4 Å². The van der Waals surface area contributed by atoms with E-state index < -0.39 is 11.9 Å². The van der Waals surface area contributed by atoms with Gasteiger partial charge in [-0.3, -0.25) is 24.5 Å². The lowest BCUT2D eigenvalue weighted by molar-refractivity contribution is -0.136. The predicted octanol–water partition coefficient (Wildman–Crippen LogP) is 0.572. The number of aromatic nitrogens is 3. The van der Waals surface area contributed by atoms with Crippen LogP contribution in [0.1, 0.15) is 58.5 Å². The van der Waals surface area contributed by atoms with E-state index in [-0.39, 0.29) is 48.5 Å². The third-order valence-electron chi connectivity index (χ3n) is 7.93. The number of nitrogens with one attached hydrogen (secondary N) is 2. The van der Waals surface area contributed by atoms with Crippen LogP contribution in [0.2, 0.25) is 0 Å². The minimum atomic E-state index is -0.667. The molecule has 6 rings (SSSR count). The first kappa shape index (κ1) is 21.9. The fourth-order valence-corrected chi connectivity index (χ4v) is 6.17. The number of benzene rings is 1. The van der Waals surface area contributed by atoms with Gasteiger partial charge in [-0.05, 0) is 54.9 Å². The summed E-state index contributed by atoms with van der Waals surface area (Å²) in [5, 5.41) is 13.5. The number of hydrogen-bond donors (Lipinski definition) is 2. The molecule has 3 fully saturated rings. The number of amides is 4. The van der Waals surface area contributed by atoms with Crippen molar-refractivity contribution in [3.63, 3.8) is 0 Å². The van der Waals surface area contributed by atoms with E-state index in [0.717, 1.165) is 18.4 Å². The number of carbonyl (C=O) groups excluding carboxylic acids is 4. The molecular weight excluding hydrogens is 452 g/mol. The highest BCUT2D eigenvalue weighted by molar-refractivity contribution is 6.05. The zero-order valence-electron chi connectivity index (χ0n) is 19.3. The summed E-state index contributed by atoms with van der Waals surface area (Å²) in [6.07, 6.45) is 5.55. The third kappa shape index (κ3) is 3.53. The second-order valence-corrected chi connectivity index (χ2v) is 9.75. The summed E-state index contributed by atoms with van der Waals surface area (Å²) >= 11 is 0. The second-order valence-electron chi connectivity index (χ2n) is 9.75. The van der Waals surface area contributed by atoms with Crippen molar-refractivity contribution in [1.29, 1.82) is 0 Å². The molecule has 2 aliphatic carbocycles. The average molecular weight is 479 g/mol. The standard InChI is InChI=1S/C24H26N6O5/c1-35-21-16-4-2-3-15(16)20(21)26-22(32)17-11-30(28-27-17)13-5-6-14-12(9-13)10-29(24(14)34)18-7-8-19(31)25-23(18)33/h5-6,9,11,15-16,18,20-21H,2-4,7-8,10H2,1H3,(H,26,32)(H,25,31,33). The molecule has 3 heterocycles. The van der Waals surface area contributed by atoms with Crippen LogP contribution in [0.3, 0.4) is 0 Å². The molecule has 11 nitrogen and oxygen atoms in total. The maximum absolute atomic E-state index is 12.9. The van der Waals surface area contributed by atoms with Crippen LogP contribution in [-0.2, 0) is 20.9 Å². The molecule has 0 bridgehead atoms. The van der Waals surface area contributed by atoms with Crippen molar-refractivity contribution in [1.82, 2.24) is 30.5 Å². The van der Waals surface area contributed by atoms with Crippen molar-refractivity contribution < 1.29 is 23.9 Å². The fourth-order valence-electron chi connectivity index (χ4n) is 6.17. The van der Waals surface area contributed by atoms with Gasteiger partial charge in [-0.15, -0.1) is 5.10 Å². The normalized spacial score (nSPS) is 29.5. The molecule has 4 aliphatic rings. The monoisotopic (exact) mass is 478 g/mol. The van der Waals surface area contributed by atoms with Crippen LogP contribution in [0.15, 0.2) is 24.4 Å². The molecule has 5 atom stereocenters. The first-order chi connectivity index (χ1) is 16.9. The van der Waals surface area contributed by atoms with Gasteiger partial charge in [0.15, 0.2) is 5.69 Å². The molecule has 5 unspecified atom stereocenters. The molecule has 35 heavy (non-hydrogen) atoms. The van der Waals surface area contributed by atoms with E-state index >= 15 is 0 Å². The Morgan fingerprint density at radius 2 is 2.00 bits per heavy atom. The maximum Gasteiger partial charge on any atom is 0.273 e. The van der Waals surface area contributed by atoms with Crippen LogP contribution in [-0.4, -0.2) is 68.8 Å². The number of rotatable bonds is 5. The Morgan fingerprint density at radius 1 is 1.17 bits per heavy atom. The molecule has 2 N–H and O–H groups in total. The molecule has 0 spiro atoms. The van der Waals surface area contributed by atoms with Gasteiger partial charge < -0.3 is 15.0 Å². The number of hydrogen-bond acceptors (Lipinski definition) is 7. The van der Waals surface area contributed by atoms with Gasteiger partial charge in [0.25, 0.3) is 11.8 Å². The Kier molecular flexibility index (Phi) is 5.17. The molecule has 1 aromatic heterocycles. The van der Waals surface area contributed by atoms with Crippen molar-refractivity contribution >= 4 is 23.6 Å². The molecule has 2 saturated carbocycles. The molecular formula is C24H26N6O5. The van der Waals surface area contributed by atoms with Crippen LogP contribution in [0.5, 0.6) is 0 Å². The maximum atomic E-state index is 12.9. The Labute approximate surface area is 201 Å². The first-order valence-corrected chi connectivity index (χ1v) is 12.0. The second kappa shape index (κ2) is 8.26. The SMILES string of the molecule is COC1C2CCCC2C1NC(=O)c1cn(-c2ccc3c(c2)CN(C2CCC(=O)NC2=O)C3=O)nn1. The summed E-state index contributed by atoms with van der Waals surface area (Å²) < 4.78 is 7.11. The third-order valence-corrected chi connectivity index (χ3v) is 7.93.